The van der Waals surface area contributed by atoms with Crippen LogP contribution in [0.2, 0.25) is 0 Å². The van der Waals surface area contributed by atoms with Gasteiger partial charge in [-0.05, 0) is 49.2 Å². The van der Waals surface area contributed by atoms with E-state index in [-0.39, 0.29) is 11.5 Å². The lowest BCUT2D eigenvalue weighted by Gasteiger charge is -2.26. The second-order valence-electron chi connectivity index (χ2n) is 5.95. The quantitative estimate of drug-likeness (QED) is 0.570. The highest BCUT2D eigenvalue weighted by Crippen LogP contribution is 2.33. The zero-order valence-corrected chi connectivity index (χ0v) is 15.2. The number of benzene rings is 2. The second kappa shape index (κ2) is 7.53. The van der Waals surface area contributed by atoms with Crippen LogP contribution in [0.5, 0.6) is 11.5 Å². The molecule has 2 aromatic carbocycles. The number of rotatable bonds is 5. The zero-order valence-electron chi connectivity index (χ0n) is 14.1. The van der Waals surface area contributed by atoms with Crippen LogP contribution < -0.4 is 9.26 Å². The van der Waals surface area contributed by atoms with Crippen LogP contribution in [-0.4, -0.2) is 6.10 Å². The lowest BCUT2D eigenvalue weighted by atomic mass is 9.78. The van der Waals surface area contributed by atoms with Gasteiger partial charge in [0, 0.05) is 5.41 Å². The molecule has 0 heterocycles. The molecule has 0 fully saturated rings. The van der Waals surface area contributed by atoms with E-state index in [1.807, 2.05) is 38.1 Å². The van der Waals surface area contributed by atoms with Crippen LogP contribution >= 0.6 is 9.47 Å². The van der Waals surface area contributed by atoms with Gasteiger partial charge in [0.2, 0.25) is 0 Å². The van der Waals surface area contributed by atoms with Crippen LogP contribution in [0.25, 0.3) is 0 Å². The molecule has 0 aromatic heterocycles. The molecule has 0 saturated heterocycles. The summed E-state index contributed by atoms with van der Waals surface area (Å²) in [5, 5.41) is 0. The third-order valence-electron chi connectivity index (χ3n) is 3.95. The van der Waals surface area contributed by atoms with Gasteiger partial charge in [0.05, 0.1) is 9.47 Å². The fourth-order valence-electron chi connectivity index (χ4n) is 2.50. The molecule has 0 bridgehead atoms. The van der Waals surface area contributed by atoms with Gasteiger partial charge in [-0.25, -0.2) is 0 Å². The molecule has 0 radical (unpaired) electrons. The Balaban J connectivity index is 2.20. The van der Waals surface area contributed by atoms with Gasteiger partial charge in [-0.15, -0.1) is 5.92 Å². The van der Waals surface area contributed by atoms with E-state index in [4.69, 9.17) is 9.26 Å². The van der Waals surface area contributed by atoms with Crippen LogP contribution in [0.3, 0.4) is 0 Å². The SMILES string of the molecule is CC#CC(C)Oc1ccc(C(C)(C)c2ccc(OP)cc2)cc1. The first-order valence-electron chi connectivity index (χ1n) is 7.64. The number of hydrogen-bond donors (Lipinski definition) is 0. The maximum Gasteiger partial charge on any atom is 0.156 e. The maximum absolute atomic E-state index is 5.77. The molecule has 0 saturated carbocycles. The average molecular weight is 326 g/mol. The molecule has 2 atom stereocenters. The van der Waals surface area contributed by atoms with Crippen molar-refractivity contribution in [3.63, 3.8) is 0 Å². The van der Waals surface area contributed by atoms with E-state index in [1.54, 1.807) is 0 Å². The van der Waals surface area contributed by atoms with Gasteiger partial charge in [0.15, 0.2) is 6.10 Å². The standard InChI is InChI=1S/C20H23O2P/c1-5-6-15(2)21-18-11-7-16(8-12-18)20(3,4)17-9-13-19(22-23)14-10-17/h7-15H,23H2,1-4H3. The van der Waals surface area contributed by atoms with Crippen molar-refractivity contribution in [2.75, 3.05) is 0 Å². The normalized spacial score (nSPS) is 12.0. The Morgan fingerprint density at radius 3 is 1.83 bits per heavy atom. The Morgan fingerprint density at radius 1 is 0.913 bits per heavy atom. The number of ether oxygens (including phenoxy) is 1. The minimum Gasteiger partial charge on any atom is -0.480 e. The lowest BCUT2D eigenvalue weighted by Crippen LogP contribution is -2.18. The van der Waals surface area contributed by atoms with E-state index in [0.29, 0.717) is 0 Å². The fourth-order valence-corrected chi connectivity index (χ4v) is 2.66. The summed E-state index contributed by atoms with van der Waals surface area (Å²) in [6, 6.07) is 16.4. The smallest absolute Gasteiger partial charge is 0.156 e. The zero-order chi connectivity index (χ0) is 16.9. The van der Waals surface area contributed by atoms with Crippen LogP contribution in [0, 0.1) is 11.8 Å². The molecule has 2 unspecified atom stereocenters. The molecule has 0 amide bonds. The summed E-state index contributed by atoms with van der Waals surface area (Å²) in [5.41, 5.74) is 2.38. The molecule has 2 aromatic rings. The van der Waals surface area contributed by atoms with Gasteiger partial charge in [-0.2, -0.15) is 0 Å². The molecule has 3 heteroatoms. The van der Waals surface area contributed by atoms with Crippen LogP contribution in [-0.2, 0) is 5.41 Å². The fraction of sp³-hybridized carbons (Fsp3) is 0.300. The Bertz CT molecular complexity index is 691. The molecule has 0 N–H and O–H groups in total. The summed E-state index contributed by atoms with van der Waals surface area (Å²) in [6.45, 7) is 8.19. The molecule has 0 spiro atoms. The van der Waals surface area contributed by atoms with Crippen molar-refractivity contribution in [3.05, 3.63) is 59.7 Å². The van der Waals surface area contributed by atoms with Crippen LogP contribution in [0.4, 0.5) is 0 Å². The van der Waals surface area contributed by atoms with Crippen molar-refractivity contribution >= 4 is 9.47 Å². The molecule has 0 aliphatic heterocycles. The Kier molecular flexibility index (Phi) is 5.69. The van der Waals surface area contributed by atoms with Crippen molar-refractivity contribution < 1.29 is 9.26 Å². The summed E-state index contributed by atoms with van der Waals surface area (Å²) in [5.74, 6) is 7.53. The highest BCUT2D eigenvalue weighted by Gasteiger charge is 2.23. The van der Waals surface area contributed by atoms with E-state index in [2.05, 4.69) is 59.4 Å². The molecular weight excluding hydrogens is 303 g/mol. The second-order valence-corrected chi connectivity index (χ2v) is 6.18. The maximum atomic E-state index is 5.77. The Hall–Kier alpha value is -1.97. The molecule has 0 aliphatic carbocycles. The molecule has 2 nitrogen and oxygen atoms in total. The van der Waals surface area contributed by atoms with Crippen LogP contribution in [0.1, 0.15) is 38.8 Å². The summed E-state index contributed by atoms with van der Waals surface area (Å²) in [6.07, 6.45) is -0.0988. The predicted molar refractivity (Wildman–Crippen MR) is 98.9 cm³/mol. The van der Waals surface area contributed by atoms with E-state index in [0.717, 1.165) is 11.5 Å². The summed E-state index contributed by atoms with van der Waals surface area (Å²) in [7, 11) is 2.27. The van der Waals surface area contributed by atoms with Crippen molar-refractivity contribution in [2.45, 2.75) is 39.2 Å². The third-order valence-corrected chi connectivity index (χ3v) is 4.22. The predicted octanol–water partition coefficient (Wildman–Crippen LogP) is 4.97. The Morgan fingerprint density at radius 2 is 1.39 bits per heavy atom. The van der Waals surface area contributed by atoms with E-state index >= 15 is 0 Å². The minimum atomic E-state index is -0.0988. The van der Waals surface area contributed by atoms with Gasteiger partial charge in [0.25, 0.3) is 0 Å². The molecule has 23 heavy (non-hydrogen) atoms. The van der Waals surface area contributed by atoms with Gasteiger partial charge in [-0.3, -0.25) is 0 Å². The molecule has 0 aliphatic rings. The van der Waals surface area contributed by atoms with Gasteiger partial charge in [-0.1, -0.05) is 44.0 Å². The molecular formula is C20H23O2P. The first kappa shape index (κ1) is 17.4. The van der Waals surface area contributed by atoms with Crippen molar-refractivity contribution in [3.8, 4) is 23.3 Å². The first-order valence-corrected chi connectivity index (χ1v) is 8.11. The highest BCUT2D eigenvalue weighted by atomic mass is 31.0. The summed E-state index contributed by atoms with van der Waals surface area (Å²) in [4.78, 5) is 0. The van der Waals surface area contributed by atoms with Crippen LogP contribution in [0.15, 0.2) is 48.5 Å². The van der Waals surface area contributed by atoms with Crippen molar-refractivity contribution in [1.29, 1.82) is 0 Å². The monoisotopic (exact) mass is 326 g/mol. The lowest BCUT2D eigenvalue weighted by molar-refractivity contribution is 0.278. The first-order chi connectivity index (χ1) is 11.0. The van der Waals surface area contributed by atoms with Gasteiger partial charge < -0.3 is 9.26 Å². The van der Waals surface area contributed by atoms with Crippen molar-refractivity contribution in [1.82, 2.24) is 0 Å². The van der Waals surface area contributed by atoms with E-state index < -0.39 is 0 Å². The molecule has 120 valence electrons. The van der Waals surface area contributed by atoms with Gasteiger partial charge >= 0.3 is 0 Å². The van der Waals surface area contributed by atoms with E-state index in [9.17, 15) is 0 Å². The average Bonchev–Trinajstić information content (AvgIpc) is 2.55. The molecule has 2 rings (SSSR count). The van der Waals surface area contributed by atoms with Gasteiger partial charge in [0.1, 0.15) is 11.5 Å². The highest BCUT2D eigenvalue weighted by molar-refractivity contribution is 7.10. The topological polar surface area (TPSA) is 18.5 Å². The minimum absolute atomic E-state index is 0.0905. The van der Waals surface area contributed by atoms with Crippen molar-refractivity contribution in [2.24, 2.45) is 0 Å². The summed E-state index contributed by atoms with van der Waals surface area (Å²) < 4.78 is 10.9. The third kappa shape index (κ3) is 4.27. The number of hydrogen-bond acceptors (Lipinski definition) is 2. The van der Waals surface area contributed by atoms with E-state index in [1.165, 1.54) is 11.1 Å². The largest absolute Gasteiger partial charge is 0.480 e. The Labute approximate surface area is 141 Å². The summed E-state index contributed by atoms with van der Waals surface area (Å²) >= 11 is 0.